The summed E-state index contributed by atoms with van der Waals surface area (Å²) in [6.45, 7) is 2.83. The number of fused-ring (bicyclic) bond motifs is 1. The fourth-order valence-corrected chi connectivity index (χ4v) is 3.86. The summed E-state index contributed by atoms with van der Waals surface area (Å²) >= 11 is 6.27. The van der Waals surface area contributed by atoms with Crippen molar-refractivity contribution in [3.63, 3.8) is 0 Å². The first-order valence-corrected chi connectivity index (χ1v) is 10.4. The molecule has 0 aliphatic rings. The second kappa shape index (κ2) is 8.67. The number of carboxylic acid groups (broad SMARTS) is 1. The van der Waals surface area contributed by atoms with E-state index in [0.717, 1.165) is 47.2 Å². The van der Waals surface area contributed by atoms with Gasteiger partial charge in [-0.3, -0.25) is 0 Å². The number of pyridine rings is 1. The van der Waals surface area contributed by atoms with Crippen LogP contribution >= 0.6 is 11.6 Å². The predicted molar refractivity (Wildman–Crippen MR) is 119 cm³/mol. The highest BCUT2D eigenvalue weighted by Gasteiger charge is 2.15. The molecule has 30 heavy (non-hydrogen) atoms. The Morgan fingerprint density at radius 3 is 2.60 bits per heavy atom. The average Bonchev–Trinajstić information content (AvgIpc) is 3.11. The molecule has 2 aromatic heterocycles. The summed E-state index contributed by atoms with van der Waals surface area (Å²) in [5.74, 6) is 0.0765. The molecule has 2 aromatic carbocycles. The van der Waals surface area contributed by atoms with Crippen molar-refractivity contribution in [2.24, 2.45) is 0 Å². The van der Waals surface area contributed by atoms with Gasteiger partial charge in [-0.2, -0.15) is 0 Å². The molecule has 6 heteroatoms. The number of carboxylic acids is 1. The highest BCUT2D eigenvalue weighted by molar-refractivity contribution is 6.33. The van der Waals surface area contributed by atoms with Crippen LogP contribution in [0.4, 0.5) is 0 Å². The van der Waals surface area contributed by atoms with Crippen LogP contribution in [0.5, 0.6) is 0 Å². The largest absolute Gasteiger partial charge is 0.478 e. The van der Waals surface area contributed by atoms with Gasteiger partial charge in [-0.25, -0.2) is 14.8 Å². The minimum Gasteiger partial charge on any atom is -0.478 e. The number of aromatic carboxylic acids is 1. The van der Waals surface area contributed by atoms with E-state index in [4.69, 9.17) is 16.6 Å². The van der Waals surface area contributed by atoms with Crippen LogP contribution in [0.3, 0.4) is 0 Å². The van der Waals surface area contributed by atoms with E-state index in [1.54, 1.807) is 18.3 Å². The number of aromatic nitrogens is 3. The average molecular weight is 420 g/mol. The zero-order chi connectivity index (χ0) is 21.1. The van der Waals surface area contributed by atoms with Crippen LogP contribution in [0.15, 0.2) is 60.8 Å². The lowest BCUT2D eigenvalue weighted by Gasteiger charge is -2.11. The van der Waals surface area contributed by atoms with Crippen molar-refractivity contribution in [2.45, 2.75) is 32.7 Å². The highest BCUT2D eigenvalue weighted by Crippen LogP contribution is 2.26. The van der Waals surface area contributed by atoms with Gasteiger partial charge in [0.25, 0.3) is 0 Å². The number of carbonyl (C=O) groups is 1. The second-order valence-corrected chi connectivity index (χ2v) is 7.59. The number of aryl methyl sites for hydroxylation is 1. The topological polar surface area (TPSA) is 68.0 Å². The van der Waals surface area contributed by atoms with Crippen LogP contribution in [0.1, 0.15) is 41.5 Å². The Morgan fingerprint density at radius 1 is 1.10 bits per heavy atom. The molecule has 0 aliphatic heterocycles. The molecule has 0 bridgehead atoms. The Hall–Kier alpha value is -3.18. The SMILES string of the molecule is CCCCc1nc2c(Cl)nccc2n1Cc1ccc(-c2ccccc2C(=O)O)cc1. The number of imidazole rings is 1. The third-order valence-corrected chi connectivity index (χ3v) is 5.50. The molecule has 152 valence electrons. The number of rotatable bonds is 7. The van der Waals surface area contributed by atoms with E-state index >= 15 is 0 Å². The maximum atomic E-state index is 11.5. The summed E-state index contributed by atoms with van der Waals surface area (Å²) in [7, 11) is 0. The zero-order valence-corrected chi connectivity index (χ0v) is 17.4. The number of hydrogen-bond acceptors (Lipinski definition) is 3. The van der Waals surface area contributed by atoms with Gasteiger partial charge in [0.05, 0.1) is 11.1 Å². The van der Waals surface area contributed by atoms with Crippen molar-refractivity contribution < 1.29 is 9.90 Å². The first-order valence-electron chi connectivity index (χ1n) is 9.99. The van der Waals surface area contributed by atoms with Gasteiger partial charge in [0.15, 0.2) is 5.15 Å². The Labute approximate surface area is 180 Å². The van der Waals surface area contributed by atoms with Crippen LogP contribution < -0.4 is 0 Å². The van der Waals surface area contributed by atoms with Crippen LogP contribution in [0, 0.1) is 0 Å². The summed E-state index contributed by atoms with van der Waals surface area (Å²) < 4.78 is 2.19. The van der Waals surface area contributed by atoms with Crippen molar-refractivity contribution in [1.82, 2.24) is 14.5 Å². The van der Waals surface area contributed by atoms with E-state index in [1.807, 2.05) is 42.5 Å². The van der Waals surface area contributed by atoms with Gasteiger partial charge in [0, 0.05) is 19.2 Å². The standard InChI is InChI=1S/C24H22ClN3O2/c1-2-3-8-21-27-22-20(13-14-26-23(22)25)28(21)15-16-9-11-17(12-10-16)18-6-4-5-7-19(18)24(29)30/h4-7,9-14H,2-3,8,15H2,1H3,(H,29,30). The smallest absolute Gasteiger partial charge is 0.336 e. The number of halogens is 1. The maximum absolute atomic E-state index is 11.5. The molecule has 0 saturated carbocycles. The van der Waals surface area contributed by atoms with E-state index in [2.05, 4.69) is 16.5 Å². The van der Waals surface area contributed by atoms with E-state index in [0.29, 0.717) is 22.8 Å². The van der Waals surface area contributed by atoms with Gasteiger partial charge >= 0.3 is 5.97 Å². The predicted octanol–water partition coefficient (Wildman–Crippen LogP) is 5.84. The van der Waals surface area contributed by atoms with E-state index in [9.17, 15) is 9.90 Å². The second-order valence-electron chi connectivity index (χ2n) is 7.23. The number of nitrogens with zero attached hydrogens (tertiary/aromatic N) is 3. The molecule has 0 atom stereocenters. The first-order chi connectivity index (χ1) is 14.6. The van der Waals surface area contributed by atoms with Gasteiger partial charge in [0.1, 0.15) is 11.3 Å². The molecule has 0 unspecified atom stereocenters. The van der Waals surface area contributed by atoms with Gasteiger partial charge in [-0.15, -0.1) is 0 Å². The summed E-state index contributed by atoms with van der Waals surface area (Å²) in [4.78, 5) is 20.4. The maximum Gasteiger partial charge on any atom is 0.336 e. The van der Waals surface area contributed by atoms with Gasteiger partial charge in [-0.05, 0) is 35.2 Å². The van der Waals surface area contributed by atoms with Gasteiger partial charge in [0.2, 0.25) is 0 Å². The summed E-state index contributed by atoms with van der Waals surface area (Å²) in [5.41, 5.74) is 4.71. The lowest BCUT2D eigenvalue weighted by molar-refractivity contribution is 0.0697. The van der Waals surface area contributed by atoms with Gasteiger partial charge in [-0.1, -0.05) is 67.4 Å². The van der Waals surface area contributed by atoms with E-state index in [-0.39, 0.29) is 0 Å². The van der Waals surface area contributed by atoms with Crippen molar-refractivity contribution >= 4 is 28.6 Å². The Kier molecular flexibility index (Phi) is 5.81. The third kappa shape index (κ3) is 3.94. The molecule has 0 saturated heterocycles. The molecular weight excluding hydrogens is 398 g/mol. The summed E-state index contributed by atoms with van der Waals surface area (Å²) in [6, 6.07) is 17.0. The van der Waals surface area contributed by atoms with Crippen LogP contribution in [-0.2, 0) is 13.0 Å². The Morgan fingerprint density at radius 2 is 1.87 bits per heavy atom. The van der Waals surface area contributed by atoms with Crippen molar-refractivity contribution in [2.75, 3.05) is 0 Å². The highest BCUT2D eigenvalue weighted by atomic mass is 35.5. The number of benzene rings is 2. The molecule has 4 rings (SSSR count). The first kappa shape index (κ1) is 20.1. The minimum atomic E-state index is -0.925. The van der Waals surface area contributed by atoms with Crippen LogP contribution in [-0.4, -0.2) is 25.6 Å². The molecule has 1 N–H and O–H groups in total. The molecule has 5 nitrogen and oxygen atoms in total. The van der Waals surface area contributed by atoms with Crippen molar-refractivity contribution in [1.29, 1.82) is 0 Å². The van der Waals surface area contributed by atoms with E-state index in [1.165, 1.54) is 0 Å². The minimum absolute atomic E-state index is 0.301. The summed E-state index contributed by atoms with van der Waals surface area (Å²) in [5, 5.41) is 9.87. The summed E-state index contributed by atoms with van der Waals surface area (Å²) in [6.07, 6.45) is 4.73. The van der Waals surface area contributed by atoms with Crippen LogP contribution in [0.25, 0.3) is 22.2 Å². The molecule has 0 aliphatic carbocycles. The number of hydrogen-bond donors (Lipinski definition) is 1. The van der Waals surface area contributed by atoms with Crippen molar-refractivity contribution in [3.8, 4) is 11.1 Å². The normalized spacial score (nSPS) is 11.1. The fraction of sp³-hybridized carbons (Fsp3) is 0.208. The Balaban J connectivity index is 1.68. The molecule has 0 fully saturated rings. The van der Waals surface area contributed by atoms with Gasteiger partial charge < -0.3 is 9.67 Å². The van der Waals surface area contributed by atoms with Crippen molar-refractivity contribution in [3.05, 3.63) is 82.9 Å². The molecule has 4 aromatic rings. The number of unbranched alkanes of at least 4 members (excludes halogenated alkanes) is 1. The lowest BCUT2D eigenvalue weighted by Crippen LogP contribution is -2.05. The molecular formula is C24H22ClN3O2. The van der Waals surface area contributed by atoms with E-state index < -0.39 is 5.97 Å². The molecule has 0 amide bonds. The Bertz CT molecular complexity index is 1200. The monoisotopic (exact) mass is 419 g/mol. The quantitative estimate of drug-likeness (QED) is 0.382. The fourth-order valence-electron chi connectivity index (χ4n) is 3.66. The molecule has 0 spiro atoms. The van der Waals surface area contributed by atoms with Crippen LogP contribution in [0.2, 0.25) is 5.15 Å². The third-order valence-electron chi connectivity index (χ3n) is 5.22. The lowest BCUT2D eigenvalue weighted by atomic mass is 9.99. The molecule has 2 heterocycles. The zero-order valence-electron chi connectivity index (χ0n) is 16.7. The molecule has 0 radical (unpaired) electrons.